The molecule has 0 bridgehead atoms. The SMILES string of the molecule is CCNC(c1cc(C)nc(C)c1)c1cnccc1C. The van der Waals surface area contributed by atoms with Gasteiger partial charge in [0.1, 0.15) is 0 Å². The summed E-state index contributed by atoms with van der Waals surface area (Å²) >= 11 is 0. The first-order chi connectivity index (χ1) is 9.11. The number of nitrogens with one attached hydrogen (secondary N) is 1. The molecule has 1 atom stereocenters. The molecule has 0 fully saturated rings. The molecule has 2 aromatic heterocycles. The van der Waals surface area contributed by atoms with Gasteiger partial charge in [-0.3, -0.25) is 9.97 Å². The molecule has 1 N–H and O–H groups in total. The monoisotopic (exact) mass is 255 g/mol. The third-order valence-electron chi connectivity index (χ3n) is 3.24. The Hall–Kier alpha value is -1.74. The van der Waals surface area contributed by atoms with E-state index in [0.717, 1.165) is 17.9 Å². The Morgan fingerprint density at radius 3 is 2.42 bits per heavy atom. The van der Waals surface area contributed by atoms with Gasteiger partial charge in [-0.2, -0.15) is 0 Å². The van der Waals surface area contributed by atoms with E-state index in [1.807, 2.05) is 26.2 Å². The fourth-order valence-corrected chi connectivity index (χ4v) is 2.42. The summed E-state index contributed by atoms with van der Waals surface area (Å²) in [7, 11) is 0. The molecule has 0 aliphatic carbocycles. The summed E-state index contributed by atoms with van der Waals surface area (Å²) < 4.78 is 0. The predicted octanol–water partition coefficient (Wildman–Crippen LogP) is 3.10. The quantitative estimate of drug-likeness (QED) is 0.912. The van der Waals surface area contributed by atoms with Gasteiger partial charge < -0.3 is 5.32 Å². The Morgan fingerprint density at radius 1 is 1.16 bits per heavy atom. The Morgan fingerprint density at radius 2 is 1.84 bits per heavy atom. The number of aryl methyl sites for hydroxylation is 3. The topological polar surface area (TPSA) is 37.8 Å². The highest BCUT2D eigenvalue weighted by molar-refractivity contribution is 5.36. The van der Waals surface area contributed by atoms with Crippen molar-refractivity contribution >= 4 is 0 Å². The summed E-state index contributed by atoms with van der Waals surface area (Å²) in [5, 5.41) is 3.54. The van der Waals surface area contributed by atoms with Gasteiger partial charge in [-0.1, -0.05) is 6.92 Å². The van der Waals surface area contributed by atoms with Crippen molar-refractivity contribution in [3.05, 3.63) is 58.7 Å². The van der Waals surface area contributed by atoms with Gasteiger partial charge in [0.05, 0.1) is 6.04 Å². The number of pyridine rings is 2. The summed E-state index contributed by atoms with van der Waals surface area (Å²) in [4.78, 5) is 8.71. The molecule has 100 valence electrons. The molecule has 0 aliphatic rings. The maximum absolute atomic E-state index is 4.45. The van der Waals surface area contributed by atoms with Gasteiger partial charge in [0.25, 0.3) is 0 Å². The van der Waals surface area contributed by atoms with Gasteiger partial charge in [-0.05, 0) is 62.2 Å². The number of hydrogen-bond donors (Lipinski definition) is 1. The van der Waals surface area contributed by atoms with Gasteiger partial charge in [-0.15, -0.1) is 0 Å². The van der Waals surface area contributed by atoms with Crippen LogP contribution < -0.4 is 5.32 Å². The average Bonchev–Trinajstić information content (AvgIpc) is 2.36. The highest BCUT2D eigenvalue weighted by Crippen LogP contribution is 2.25. The van der Waals surface area contributed by atoms with E-state index in [0.29, 0.717) is 0 Å². The molecule has 0 amide bonds. The van der Waals surface area contributed by atoms with Gasteiger partial charge in [-0.25, -0.2) is 0 Å². The van der Waals surface area contributed by atoms with E-state index in [2.05, 4.69) is 47.3 Å². The molecule has 0 radical (unpaired) electrons. The summed E-state index contributed by atoms with van der Waals surface area (Å²) in [5.74, 6) is 0. The van der Waals surface area contributed by atoms with Crippen LogP contribution >= 0.6 is 0 Å². The van der Waals surface area contributed by atoms with Crippen molar-refractivity contribution in [2.75, 3.05) is 6.54 Å². The molecule has 2 rings (SSSR count). The summed E-state index contributed by atoms with van der Waals surface area (Å²) in [5.41, 5.74) is 5.85. The number of hydrogen-bond acceptors (Lipinski definition) is 3. The number of aromatic nitrogens is 2. The van der Waals surface area contributed by atoms with E-state index in [4.69, 9.17) is 0 Å². The fourth-order valence-electron chi connectivity index (χ4n) is 2.42. The minimum atomic E-state index is 0.180. The molecule has 0 saturated carbocycles. The van der Waals surface area contributed by atoms with E-state index in [-0.39, 0.29) is 6.04 Å². The lowest BCUT2D eigenvalue weighted by molar-refractivity contribution is 0.623. The summed E-state index contributed by atoms with van der Waals surface area (Å²) in [6, 6.07) is 6.53. The molecule has 3 nitrogen and oxygen atoms in total. The Bertz CT molecular complexity index is 543. The summed E-state index contributed by atoms with van der Waals surface area (Å²) in [6.45, 7) is 9.24. The second-order valence-corrected chi connectivity index (χ2v) is 4.91. The lowest BCUT2D eigenvalue weighted by Crippen LogP contribution is -2.23. The van der Waals surface area contributed by atoms with Crippen molar-refractivity contribution in [3.63, 3.8) is 0 Å². The van der Waals surface area contributed by atoms with Gasteiger partial charge in [0.15, 0.2) is 0 Å². The molecule has 0 saturated heterocycles. The molecule has 1 unspecified atom stereocenters. The van der Waals surface area contributed by atoms with Crippen LogP contribution in [0.4, 0.5) is 0 Å². The Labute approximate surface area is 115 Å². The van der Waals surface area contributed by atoms with E-state index < -0.39 is 0 Å². The van der Waals surface area contributed by atoms with E-state index in [9.17, 15) is 0 Å². The van der Waals surface area contributed by atoms with Crippen LogP contribution in [0.5, 0.6) is 0 Å². The zero-order valence-electron chi connectivity index (χ0n) is 12.1. The van der Waals surface area contributed by atoms with Crippen LogP contribution in [-0.4, -0.2) is 16.5 Å². The predicted molar refractivity (Wildman–Crippen MR) is 78.2 cm³/mol. The largest absolute Gasteiger partial charge is 0.306 e. The van der Waals surface area contributed by atoms with Crippen molar-refractivity contribution in [1.29, 1.82) is 0 Å². The molecular weight excluding hydrogens is 234 g/mol. The second-order valence-electron chi connectivity index (χ2n) is 4.91. The summed E-state index contributed by atoms with van der Waals surface area (Å²) in [6.07, 6.45) is 3.79. The average molecular weight is 255 g/mol. The molecule has 2 heterocycles. The van der Waals surface area contributed by atoms with Crippen molar-refractivity contribution in [3.8, 4) is 0 Å². The van der Waals surface area contributed by atoms with E-state index >= 15 is 0 Å². The van der Waals surface area contributed by atoms with E-state index in [1.165, 1.54) is 16.7 Å². The first-order valence-corrected chi connectivity index (χ1v) is 6.71. The molecule has 19 heavy (non-hydrogen) atoms. The first kappa shape index (κ1) is 13.7. The third-order valence-corrected chi connectivity index (χ3v) is 3.24. The molecule has 0 aromatic carbocycles. The number of rotatable bonds is 4. The minimum Gasteiger partial charge on any atom is -0.306 e. The maximum atomic E-state index is 4.45. The van der Waals surface area contributed by atoms with Crippen molar-refractivity contribution < 1.29 is 0 Å². The highest BCUT2D eigenvalue weighted by Gasteiger charge is 2.16. The van der Waals surface area contributed by atoms with Gasteiger partial charge in [0, 0.05) is 23.8 Å². The first-order valence-electron chi connectivity index (χ1n) is 6.71. The maximum Gasteiger partial charge on any atom is 0.0595 e. The third kappa shape index (κ3) is 3.18. The van der Waals surface area contributed by atoms with Gasteiger partial charge in [0.2, 0.25) is 0 Å². The lowest BCUT2D eigenvalue weighted by Gasteiger charge is -2.21. The molecule has 0 spiro atoms. The smallest absolute Gasteiger partial charge is 0.0595 e. The van der Waals surface area contributed by atoms with Crippen molar-refractivity contribution in [2.24, 2.45) is 0 Å². The zero-order chi connectivity index (χ0) is 13.8. The lowest BCUT2D eigenvalue weighted by atomic mass is 9.96. The van der Waals surface area contributed by atoms with Crippen LogP contribution in [0, 0.1) is 20.8 Å². The zero-order valence-corrected chi connectivity index (χ0v) is 12.1. The molecule has 0 aliphatic heterocycles. The van der Waals surface area contributed by atoms with Crippen molar-refractivity contribution in [1.82, 2.24) is 15.3 Å². The van der Waals surface area contributed by atoms with E-state index in [1.54, 1.807) is 0 Å². The molecular formula is C16H21N3. The van der Waals surface area contributed by atoms with Crippen LogP contribution in [0.1, 0.15) is 41.0 Å². The van der Waals surface area contributed by atoms with Crippen LogP contribution in [0.2, 0.25) is 0 Å². The standard InChI is InChI=1S/C16H21N3/c1-5-18-16(15-10-17-7-6-11(15)2)14-8-12(3)19-13(4)9-14/h6-10,16,18H,5H2,1-4H3. The molecule has 2 aromatic rings. The van der Waals surface area contributed by atoms with Gasteiger partial charge >= 0.3 is 0 Å². The Kier molecular flexibility index (Phi) is 4.27. The minimum absolute atomic E-state index is 0.180. The number of nitrogens with zero attached hydrogens (tertiary/aromatic N) is 2. The van der Waals surface area contributed by atoms with Crippen LogP contribution in [0.15, 0.2) is 30.6 Å². The van der Waals surface area contributed by atoms with Crippen LogP contribution in [0.3, 0.4) is 0 Å². The van der Waals surface area contributed by atoms with Crippen molar-refractivity contribution in [2.45, 2.75) is 33.7 Å². The van der Waals surface area contributed by atoms with Crippen LogP contribution in [-0.2, 0) is 0 Å². The fraction of sp³-hybridized carbons (Fsp3) is 0.375. The normalized spacial score (nSPS) is 12.4. The van der Waals surface area contributed by atoms with Crippen LogP contribution in [0.25, 0.3) is 0 Å². The Balaban J connectivity index is 2.48. The highest BCUT2D eigenvalue weighted by atomic mass is 14.9. The molecule has 3 heteroatoms. The second kappa shape index (κ2) is 5.93.